The third-order valence-electron chi connectivity index (χ3n) is 10.5. The first-order valence-electron chi connectivity index (χ1n) is 18.1. The van der Waals surface area contributed by atoms with Crippen molar-refractivity contribution in [1.29, 1.82) is 0 Å². The Morgan fingerprint density at radius 1 is 0.784 bits per heavy atom. The maximum absolute atomic E-state index is 14.3. The van der Waals surface area contributed by atoms with E-state index in [4.69, 9.17) is 9.16 Å². The van der Waals surface area contributed by atoms with Gasteiger partial charge in [0.15, 0.2) is 0 Å². The smallest absolute Gasteiger partial charge is 0.419 e. The van der Waals surface area contributed by atoms with Gasteiger partial charge in [0.2, 0.25) is 0 Å². The minimum Gasteiger partial charge on any atom is -0.534 e. The molecule has 1 amide bonds. The average Bonchev–Trinajstić information content (AvgIpc) is 3.16. The molecule has 0 saturated heterocycles. The number of fused-ring (bicyclic) bond motifs is 6. The highest BCUT2D eigenvalue weighted by molar-refractivity contribution is 8.00. The minimum absolute atomic E-state index is 0.147. The van der Waals surface area contributed by atoms with Crippen LogP contribution in [-0.4, -0.2) is 27.5 Å². The van der Waals surface area contributed by atoms with Crippen LogP contribution in [0.4, 0.5) is 27.5 Å². The molecule has 3 aliphatic heterocycles. The third kappa shape index (κ3) is 5.98. The Morgan fingerprint density at radius 2 is 1.41 bits per heavy atom. The van der Waals surface area contributed by atoms with Crippen molar-refractivity contribution in [3.63, 3.8) is 0 Å². The molecule has 8 rings (SSSR count). The van der Waals surface area contributed by atoms with E-state index in [0.717, 1.165) is 76.8 Å². The number of hydrogen-bond donors (Lipinski definition) is 2. The van der Waals surface area contributed by atoms with Crippen molar-refractivity contribution >= 4 is 59.3 Å². The average molecular weight is 712 g/mol. The summed E-state index contributed by atoms with van der Waals surface area (Å²) in [5.74, 6) is 0.808. The van der Waals surface area contributed by atoms with Crippen LogP contribution >= 0.6 is 11.8 Å². The summed E-state index contributed by atoms with van der Waals surface area (Å²) in [7, 11) is -2.76. The first-order valence-corrected chi connectivity index (χ1v) is 20.8. The largest absolute Gasteiger partial charge is 0.534 e. The first-order chi connectivity index (χ1) is 24.7. The van der Waals surface area contributed by atoms with Gasteiger partial charge >= 0.3 is 14.4 Å². The van der Waals surface area contributed by atoms with Gasteiger partial charge < -0.3 is 19.8 Å². The Balaban J connectivity index is 1.09. The Morgan fingerprint density at radius 3 is 2.08 bits per heavy atom. The van der Waals surface area contributed by atoms with Crippen LogP contribution in [0.1, 0.15) is 55.9 Å². The van der Waals surface area contributed by atoms with Gasteiger partial charge in [-0.1, -0.05) is 105 Å². The zero-order valence-electron chi connectivity index (χ0n) is 29.8. The second-order valence-electron chi connectivity index (χ2n) is 14.8. The van der Waals surface area contributed by atoms with Gasteiger partial charge in [-0.25, -0.2) is 9.69 Å². The van der Waals surface area contributed by atoms with Crippen LogP contribution in [0.25, 0.3) is 0 Å². The Bertz CT molecular complexity index is 2040. The highest BCUT2D eigenvalue weighted by Gasteiger charge is 2.52. The Hall–Kier alpha value is -4.66. The lowest BCUT2D eigenvalue weighted by Crippen LogP contribution is -2.68. The lowest BCUT2D eigenvalue weighted by atomic mass is 9.97. The number of hydrogen-bond acceptors (Lipinski definition) is 6. The summed E-state index contributed by atoms with van der Waals surface area (Å²) >= 11 is 1.82. The first kappa shape index (κ1) is 33.5. The fourth-order valence-corrected chi connectivity index (χ4v) is 13.8. The van der Waals surface area contributed by atoms with Crippen LogP contribution < -0.4 is 30.3 Å². The molecule has 8 heteroatoms. The molecule has 0 saturated carbocycles. The molecule has 6 nitrogen and oxygen atoms in total. The molecule has 0 bridgehead atoms. The van der Waals surface area contributed by atoms with Crippen molar-refractivity contribution in [1.82, 2.24) is 0 Å². The van der Waals surface area contributed by atoms with Crippen molar-refractivity contribution in [2.45, 2.75) is 74.8 Å². The molecule has 0 unspecified atom stereocenters. The van der Waals surface area contributed by atoms with Crippen molar-refractivity contribution in [3.05, 3.63) is 125 Å². The van der Waals surface area contributed by atoms with Crippen molar-refractivity contribution in [2.75, 3.05) is 28.6 Å². The number of benzene rings is 5. The lowest BCUT2D eigenvalue weighted by molar-refractivity contribution is 0.149. The van der Waals surface area contributed by atoms with Crippen LogP contribution in [-0.2, 0) is 24.2 Å². The standard InChI is InChI=1S/C43H45N3O3SSi/c1-29-27-38-41(35-18-12-26-45-39(29)35)50-40-34-17-11-25-44-36(34)23-24-37(40)46(38)42(47)48-28-30-19-21-31(22-20-30)49-51(43(2,3)4,32-13-7-5-8-14-32)33-15-9-6-10-16-33/h5-10,13-16,19-24,27,44-45H,11-12,17-18,25-26,28H2,1-4H3. The summed E-state index contributed by atoms with van der Waals surface area (Å²) in [6, 6.07) is 35.8. The highest BCUT2D eigenvalue weighted by atomic mass is 32.2. The number of aryl methyl sites for hydroxylation is 1. The maximum Gasteiger partial charge on any atom is 0.419 e. The summed E-state index contributed by atoms with van der Waals surface area (Å²) in [4.78, 5) is 18.4. The molecule has 5 aromatic carbocycles. The predicted molar refractivity (Wildman–Crippen MR) is 212 cm³/mol. The molecule has 2 N–H and O–H groups in total. The number of amides is 1. The molecule has 51 heavy (non-hydrogen) atoms. The summed E-state index contributed by atoms with van der Waals surface area (Å²) in [6.45, 7) is 11.1. The summed E-state index contributed by atoms with van der Waals surface area (Å²) < 4.78 is 13.4. The van der Waals surface area contributed by atoms with Gasteiger partial charge in [-0.2, -0.15) is 0 Å². The van der Waals surface area contributed by atoms with E-state index in [9.17, 15) is 4.79 Å². The number of ether oxygens (including phenoxy) is 1. The molecule has 0 spiro atoms. The SMILES string of the molecule is Cc1cc2c(c3c1NCCC3)Sc1c(ccc3c1CCCN3)N2C(=O)OCc1ccc(O[Si](c2ccccc2)(c2ccccc2)C(C)(C)C)cc1. The molecular formula is C43H45N3O3SSi. The number of nitrogens with zero attached hydrogens (tertiary/aromatic N) is 1. The molecule has 0 aromatic heterocycles. The number of rotatable bonds is 6. The second-order valence-corrected chi connectivity index (χ2v) is 20.0. The zero-order valence-corrected chi connectivity index (χ0v) is 31.7. The van der Waals surface area contributed by atoms with E-state index in [1.807, 2.05) is 40.9 Å². The van der Waals surface area contributed by atoms with Gasteiger partial charge in [-0.15, -0.1) is 0 Å². The van der Waals surface area contributed by atoms with Crippen molar-refractivity contribution < 1.29 is 14.0 Å². The van der Waals surface area contributed by atoms with E-state index in [0.29, 0.717) is 0 Å². The molecular weight excluding hydrogens is 667 g/mol. The summed E-state index contributed by atoms with van der Waals surface area (Å²) in [5, 5.41) is 9.52. The maximum atomic E-state index is 14.3. The van der Waals surface area contributed by atoms with Gasteiger partial charge in [-0.3, -0.25) is 0 Å². The highest BCUT2D eigenvalue weighted by Crippen LogP contribution is 2.55. The Labute approximate surface area is 306 Å². The zero-order chi connectivity index (χ0) is 35.2. The van der Waals surface area contributed by atoms with Crippen LogP contribution in [0.2, 0.25) is 5.04 Å². The van der Waals surface area contributed by atoms with E-state index >= 15 is 0 Å². The van der Waals surface area contributed by atoms with Gasteiger partial charge in [-0.05, 0) is 101 Å². The van der Waals surface area contributed by atoms with Crippen LogP contribution in [0.15, 0.2) is 113 Å². The van der Waals surface area contributed by atoms with Gasteiger partial charge in [0.05, 0.1) is 11.4 Å². The molecule has 3 aliphatic rings. The van der Waals surface area contributed by atoms with E-state index in [2.05, 4.69) is 117 Å². The number of carbonyl (C=O) groups is 1. The van der Waals surface area contributed by atoms with Crippen LogP contribution in [0, 0.1) is 6.92 Å². The molecule has 5 aromatic rings. The van der Waals surface area contributed by atoms with E-state index in [-0.39, 0.29) is 17.7 Å². The number of carbonyl (C=O) groups excluding carboxylic acids is 1. The predicted octanol–water partition coefficient (Wildman–Crippen LogP) is 9.59. The molecule has 3 heterocycles. The number of anilines is 4. The van der Waals surface area contributed by atoms with Gasteiger partial charge in [0.25, 0.3) is 0 Å². The summed E-state index contributed by atoms with van der Waals surface area (Å²) in [6.07, 6.45) is 3.77. The molecule has 0 aliphatic carbocycles. The lowest BCUT2D eigenvalue weighted by Gasteiger charge is -2.43. The third-order valence-corrected chi connectivity index (χ3v) is 16.7. The normalized spacial score (nSPS) is 14.9. The van der Waals surface area contributed by atoms with E-state index in [1.54, 1.807) is 0 Å². The fraction of sp³-hybridized carbons (Fsp3) is 0.279. The van der Waals surface area contributed by atoms with Crippen molar-refractivity contribution in [3.8, 4) is 5.75 Å². The summed E-state index contributed by atoms with van der Waals surface area (Å²) in [5.41, 5.74) is 8.86. The second kappa shape index (κ2) is 13.5. The van der Waals surface area contributed by atoms with Crippen LogP contribution in [0.3, 0.4) is 0 Å². The molecule has 0 fully saturated rings. The quantitative estimate of drug-likeness (QED) is 0.171. The van der Waals surface area contributed by atoms with E-state index < -0.39 is 8.32 Å². The van der Waals surface area contributed by atoms with Gasteiger partial charge in [0, 0.05) is 34.3 Å². The number of nitrogens with one attached hydrogen (secondary N) is 2. The van der Waals surface area contributed by atoms with E-state index in [1.165, 1.54) is 32.9 Å². The monoisotopic (exact) mass is 711 g/mol. The van der Waals surface area contributed by atoms with Crippen molar-refractivity contribution in [2.24, 2.45) is 0 Å². The molecule has 260 valence electrons. The molecule has 0 atom stereocenters. The molecule has 0 radical (unpaired) electrons. The fourth-order valence-electron chi connectivity index (χ4n) is 8.02. The Kier molecular flexibility index (Phi) is 8.84. The van der Waals surface area contributed by atoms with Gasteiger partial charge in [0.1, 0.15) is 12.4 Å². The minimum atomic E-state index is -2.76. The van der Waals surface area contributed by atoms with Crippen LogP contribution in [0.5, 0.6) is 5.75 Å². The topological polar surface area (TPSA) is 62.8 Å².